The fourth-order valence-electron chi connectivity index (χ4n) is 3.78. The van der Waals surface area contributed by atoms with Crippen LogP contribution < -0.4 is 5.32 Å². The van der Waals surface area contributed by atoms with E-state index in [0.29, 0.717) is 11.4 Å². The molecule has 0 aliphatic carbocycles. The first-order valence-corrected chi connectivity index (χ1v) is 12.1. The third kappa shape index (κ3) is 6.38. The second kappa shape index (κ2) is 10.1. The number of rotatable bonds is 6. The van der Waals surface area contributed by atoms with Crippen molar-refractivity contribution in [2.24, 2.45) is 0 Å². The van der Waals surface area contributed by atoms with Crippen molar-refractivity contribution >= 4 is 17.6 Å². The van der Waals surface area contributed by atoms with E-state index in [9.17, 15) is 9.59 Å². The number of amides is 2. The molecule has 0 aliphatic heterocycles. The molecule has 3 rings (SSSR count). The Balaban J connectivity index is 1.78. The van der Waals surface area contributed by atoms with E-state index in [1.807, 2.05) is 100.0 Å². The van der Waals surface area contributed by atoms with Gasteiger partial charge in [-0.1, -0.05) is 63.2 Å². The average molecular weight is 475 g/mol. The molecule has 186 valence electrons. The summed E-state index contributed by atoms with van der Waals surface area (Å²) < 4.78 is 1.84. The molecule has 1 N–H and O–H groups in total. The Kier molecular flexibility index (Phi) is 7.53. The molecular formula is C29H38N4O2. The van der Waals surface area contributed by atoms with Crippen molar-refractivity contribution in [2.75, 3.05) is 11.9 Å². The third-order valence-corrected chi connectivity index (χ3v) is 5.82. The topological polar surface area (TPSA) is 67.2 Å². The lowest BCUT2D eigenvalue weighted by atomic mass is 9.92. The van der Waals surface area contributed by atoms with Crippen LogP contribution in [0.2, 0.25) is 0 Å². The van der Waals surface area contributed by atoms with Crippen LogP contribution in [0.3, 0.4) is 0 Å². The first-order chi connectivity index (χ1) is 16.3. The van der Waals surface area contributed by atoms with E-state index in [4.69, 9.17) is 5.10 Å². The molecule has 1 aromatic heterocycles. The molecule has 0 radical (unpaired) electrons. The second-order valence-electron chi connectivity index (χ2n) is 11.3. The number of benzene rings is 2. The first kappa shape index (κ1) is 26.2. The number of nitrogens with one attached hydrogen (secondary N) is 1. The van der Waals surface area contributed by atoms with E-state index in [1.54, 1.807) is 4.90 Å². The lowest BCUT2D eigenvalue weighted by Crippen LogP contribution is -2.42. The largest absolute Gasteiger partial charge is 0.327 e. The Morgan fingerprint density at radius 3 is 2.00 bits per heavy atom. The lowest BCUT2D eigenvalue weighted by molar-refractivity contribution is -0.117. The summed E-state index contributed by atoms with van der Waals surface area (Å²) in [5.41, 5.74) is 3.14. The summed E-state index contributed by atoms with van der Waals surface area (Å²) in [7, 11) is 0. The van der Waals surface area contributed by atoms with Crippen LogP contribution in [0.5, 0.6) is 0 Å². The highest BCUT2D eigenvalue weighted by Crippen LogP contribution is 2.28. The van der Waals surface area contributed by atoms with Gasteiger partial charge in [0.2, 0.25) is 5.91 Å². The van der Waals surface area contributed by atoms with Gasteiger partial charge in [-0.25, -0.2) is 4.68 Å². The predicted molar refractivity (Wildman–Crippen MR) is 143 cm³/mol. The van der Waals surface area contributed by atoms with Gasteiger partial charge < -0.3 is 10.2 Å². The molecule has 6 nitrogen and oxygen atoms in total. The highest BCUT2D eigenvalue weighted by atomic mass is 16.2. The van der Waals surface area contributed by atoms with Crippen LogP contribution in [-0.2, 0) is 15.7 Å². The quantitative estimate of drug-likeness (QED) is 0.470. The Labute approximate surface area is 209 Å². The van der Waals surface area contributed by atoms with E-state index in [2.05, 4.69) is 26.1 Å². The molecule has 6 heteroatoms. The zero-order chi connectivity index (χ0) is 26.0. The minimum atomic E-state index is -0.305. The Hall–Kier alpha value is -3.41. The van der Waals surface area contributed by atoms with Gasteiger partial charge in [0, 0.05) is 23.1 Å². The number of carbonyl (C=O) groups is 2. The molecule has 2 aromatic carbocycles. The van der Waals surface area contributed by atoms with Crippen LogP contribution >= 0.6 is 0 Å². The van der Waals surface area contributed by atoms with Crippen molar-refractivity contribution in [3.05, 3.63) is 71.9 Å². The Bertz CT molecular complexity index is 1160. The molecule has 0 saturated heterocycles. The number of hydrogen-bond donors (Lipinski definition) is 1. The summed E-state index contributed by atoms with van der Waals surface area (Å²) in [5.74, 6) is 0.212. The maximum absolute atomic E-state index is 13.3. The van der Waals surface area contributed by atoms with Crippen LogP contribution in [0.1, 0.15) is 71.4 Å². The zero-order valence-electron chi connectivity index (χ0n) is 22.2. The van der Waals surface area contributed by atoms with Gasteiger partial charge >= 0.3 is 0 Å². The summed E-state index contributed by atoms with van der Waals surface area (Å²) in [6, 6.07) is 19.3. The fraction of sp³-hybridized carbons (Fsp3) is 0.414. The van der Waals surface area contributed by atoms with Crippen molar-refractivity contribution in [1.29, 1.82) is 0 Å². The molecule has 0 saturated carbocycles. The van der Waals surface area contributed by atoms with E-state index in [1.165, 1.54) is 0 Å². The standard InChI is InChI=1S/C29H38N4O2/c1-20(2)32(27(35)23-16-14-22(15-17-23)21-12-10-9-11-13-21)19-26(34)30-25-18-24(28(3,4)5)31-33(25)29(6,7)8/h9-18,20H,19H2,1-8H3,(H,30,34). The van der Waals surface area contributed by atoms with Crippen LogP contribution in [0.4, 0.5) is 5.82 Å². The molecule has 0 fully saturated rings. The number of carbonyl (C=O) groups excluding carboxylic acids is 2. The number of aromatic nitrogens is 2. The summed E-state index contributed by atoms with van der Waals surface area (Å²) in [6.45, 7) is 16.2. The summed E-state index contributed by atoms with van der Waals surface area (Å²) in [4.78, 5) is 28.0. The smallest absolute Gasteiger partial charge is 0.254 e. The molecule has 35 heavy (non-hydrogen) atoms. The monoisotopic (exact) mass is 474 g/mol. The van der Waals surface area contributed by atoms with Gasteiger partial charge in [0.1, 0.15) is 12.4 Å². The van der Waals surface area contributed by atoms with Crippen LogP contribution in [0.15, 0.2) is 60.7 Å². The van der Waals surface area contributed by atoms with Crippen LogP contribution in [0, 0.1) is 0 Å². The zero-order valence-corrected chi connectivity index (χ0v) is 22.2. The fourth-order valence-corrected chi connectivity index (χ4v) is 3.78. The van der Waals surface area contributed by atoms with E-state index < -0.39 is 0 Å². The maximum atomic E-state index is 13.3. The van der Waals surface area contributed by atoms with Crippen molar-refractivity contribution < 1.29 is 9.59 Å². The van der Waals surface area contributed by atoms with E-state index in [0.717, 1.165) is 16.8 Å². The molecule has 1 heterocycles. The first-order valence-electron chi connectivity index (χ1n) is 12.1. The van der Waals surface area contributed by atoms with Gasteiger partial charge in [0.25, 0.3) is 5.91 Å². The van der Waals surface area contributed by atoms with Crippen LogP contribution in [0.25, 0.3) is 11.1 Å². The van der Waals surface area contributed by atoms with E-state index >= 15 is 0 Å². The van der Waals surface area contributed by atoms with Gasteiger partial charge in [-0.2, -0.15) is 5.10 Å². The average Bonchev–Trinajstić information content (AvgIpc) is 3.22. The maximum Gasteiger partial charge on any atom is 0.254 e. The number of hydrogen-bond acceptors (Lipinski definition) is 3. The normalized spacial score (nSPS) is 12.0. The predicted octanol–water partition coefficient (Wildman–Crippen LogP) is 6.09. The summed E-state index contributed by atoms with van der Waals surface area (Å²) in [6.07, 6.45) is 0. The molecule has 2 amide bonds. The molecule has 0 aliphatic rings. The van der Waals surface area contributed by atoms with Gasteiger partial charge in [0.05, 0.1) is 11.2 Å². The minimum Gasteiger partial charge on any atom is -0.327 e. The van der Waals surface area contributed by atoms with Crippen molar-refractivity contribution in [3.8, 4) is 11.1 Å². The molecule has 3 aromatic rings. The summed E-state index contributed by atoms with van der Waals surface area (Å²) in [5, 5.41) is 7.76. The molecule has 0 bridgehead atoms. The highest BCUT2D eigenvalue weighted by molar-refractivity contribution is 5.99. The van der Waals surface area contributed by atoms with Crippen molar-refractivity contribution in [3.63, 3.8) is 0 Å². The van der Waals surface area contributed by atoms with Gasteiger partial charge in [0.15, 0.2) is 0 Å². The third-order valence-electron chi connectivity index (χ3n) is 5.82. The van der Waals surface area contributed by atoms with Crippen LogP contribution in [-0.4, -0.2) is 39.1 Å². The van der Waals surface area contributed by atoms with Gasteiger partial charge in [-0.3, -0.25) is 9.59 Å². The Morgan fingerprint density at radius 2 is 1.49 bits per heavy atom. The Morgan fingerprint density at radius 1 is 0.914 bits per heavy atom. The number of nitrogens with zero attached hydrogens (tertiary/aromatic N) is 3. The molecule has 0 unspecified atom stereocenters. The van der Waals surface area contributed by atoms with E-state index in [-0.39, 0.29) is 35.4 Å². The van der Waals surface area contributed by atoms with Crippen molar-refractivity contribution in [1.82, 2.24) is 14.7 Å². The highest BCUT2D eigenvalue weighted by Gasteiger charge is 2.27. The molecule has 0 spiro atoms. The molecule has 0 atom stereocenters. The molecular weight excluding hydrogens is 436 g/mol. The minimum absolute atomic E-state index is 0.0445. The van der Waals surface area contributed by atoms with Crippen molar-refractivity contribution in [2.45, 2.75) is 72.4 Å². The second-order valence-corrected chi connectivity index (χ2v) is 11.3. The SMILES string of the molecule is CC(C)N(CC(=O)Nc1cc(C(C)(C)C)nn1C(C)(C)C)C(=O)c1ccc(-c2ccccc2)cc1. The summed E-state index contributed by atoms with van der Waals surface area (Å²) >= 11 is 0. The lowest BCUT2D eigenvalue weighted by Gasteiger charge is -2.27. The van der Waals surface area contributed by atoms with Gasteiger partial charge in [-0.15, -0.1) is 0 Å². The van der Waals surface area contributed by atoms with Gasteiger partial charge in [-0.05, 0) is 57.9 Å². The number of anilines is 1.